The molecule has 62 valence electrons. The van der Waals surface area contributed by atoms with Crippen LogP contribution in [0.5, 0.6) is 0 Å². The molecule has 12 heavy (non-hydrogen) atoms. The van der Waals surface area contributed by atoms with Crippen LogP contribution in [0.1, 0.15) is 5.01 Å². The molecule has 2 rings (SSSR count). The summed E-state index contributed by atoms with van der Waals surface area (Å²) in [5.74, 6) is 0. The van der Waals surface area contributed by atoms with Crippen LogP contribution < -0.4 is 0 Å². The summed E-state index contributed by atoms with van der Waals surface area (Å²) in [6.45, 7) is 0.560. The van der Waals surface area contributed by atoms with Crippen molar-refractivity contribution in [2.75, 3.05) is 0 Å². The molecule has 0 aliphatic carbocycles. The van der Waals surface area contributed by atoms with Crippen LogP contribution >= 0.6 is 23.6 Å². The van der Waals surface area contributed by atoms with Crippen LogP contribution in [0.25, 0.3) is 0 Å². The van der Waals surface area contributed by atoms with E-state index in [1.807, 2.05) is 0 Å². The van der Waals surface area contributed by atoms with Gasteiger partial charge in [-0.3, -0.25) is 5.10 Å². The lowest BCUT2D eigenvalue weighted by Gasteiger charge is -1.90. The van der Waals surface area contributed by atoms with Gasteiger partial charge >= 0.3 is 0 Å². The Labute approximate surface area is 76.2 Å². The molecule has 0 radical (unpaired) electrons. The first kappa shape index (κ1) is 7.50. The number of hydrogen-bond donors (Lipinski definition) is 1. The SMILES string of the molecule is S=c1[nH]nc(Cn2cnnn2)s1. The first-order chi connectivity index (χ1) is 5.84. The van der Waals surface area contributed by atoms with E-state index in [4.69, 9.17) is 12.2 Å². The van der Waals surface area contributed by atoms with Crippen molar-refractivity contribution in [1.82, 2.24) is 30.4 Å². The number of aromatic nitrogens is 6. The minimum atomic E-state index is 0.560. The first-order valence-corrected chi connectivity index (χ1v) is 4.32. The van der Waals surface area contributed by atoms with Gasteiger partial charge in [-0.15, -0.1) is 5.10 Å². The predicted octanol–water partition coefficient (Wildman–Crippen LogP) is 0.235. The van der Waals surface area contributed by atoms with Gasteiger partial charge < -0.3 is 0 Å². The zero-order valence-corrected chi connectivity index (χ0v) is 7.47. The van der Waals surface area contributed by atoms with Crippen LogP contribution in [-0.4, -0.2) is 30.4 Å². The third-order valence-electron chi connectivity index (χ3n) is 1.17. The molecule has 8 heteroatoms. The Balaban J connectivity index is 2.19. The first-order valence-electron chi connectivity index (χ1n) is 3.10. The summed E-state index contributed by atoms with van der Waals surface area (Å²) < 4.78 is 2.25. The largest absolute Gasteiger partial charge is 0.258 e. The van der Waals surface area contributed by atoms with Gasteiger partial charge in [0.15, 0.2) is 3.95 Å². The molecule has 1 N–H and O–H groups in total. The van der Waals surface area contributed by atoms with E-state index in [1.54, 1.807) is 4.68 Å². The van der Waals surface area contributed by atoms with Gasteiger partial charge in [-0.25, -0.2) is 4.68 Å². The molecular weight excluding hydrogens is 196 g/mol. The summed E-state index contributed by atoms with van der Waals surface area (Å²) in [4.78, 5) is 0. The number of rotatable bonds is 2. The number of tetrazole rings is 1. The quantitative estimate of drug-likeness (QED) is 0.703. The minimum Gasteiger partial charge on any atom is -0.258 e. The van der Waals surface area contributed by atoms with Crippen LogP contribution in [0.2, 0.25) is 0 Å². The molecule has 2 aromatic heterocycles. The van der Waals surface area contributed by atoms with Crippen LogP contribution in [0.15, 0.2) is 6.33 Å². The van der Waals surface area contributed by atoms with Crippen molar-refractivity contribution in [2.45, 2.75) is 6.54 Å². The number of H-pyrrole nitrogens is 1. The maximum atomic E-state index is 4.87. The van der Waals surface area contributed by atoms with Crippen molar-refractivity contribution in [3.05, 3.63) is 15.3 Å². The van der Waals surface area contributed by atoms with Crippen molar-refractivity contribution in [2.24, 2.45) is 0 Å². The van der Waals surface area contributed by atoms with Crippen molar-refractivity contribution >= 4 is 23.6 Å². The number of nitrogens with one attached hydrogen (secondary N) is 1. The van der Waals surface area contributed by atoms with Gasteiger partial charge in [0.25, 0.3) is 0 Å². The Kier molecular flexibility index (Phi) is 1.92. The maximum Gasteiger partial charge on any atom is 0.176 e. The highest BCUT2D eigenvalue weighted by atomic mass is 32.1. The molecule has 2 aromatic rings. The zero-order chi connectivity index (χ0) is 8.39. The van der Waals surface area contributed by atoms with Crippen molar-refractivity contribution in [3.63, 3.8) is 0 Å². The molecule has 0 saturated carbocycles. The van der Waals surface area contributed by atoms with E-state index in [0.717, 1.165) is 5.01 Å². The molecule has 0 bridgehead atoms. The summed E-state index contributed by atoms with van der Waals surface area (Å²) >= 11 is 6.29. The summed E-state index contributed by atoms with van der Waals surface area (Å²) in [6, 6.07) is 0. The number of aromatic amines is 1. The van der Waals surface area contributed by atoms with E-state index in [9.17, 15) is 0 Å². The summed E-state index contributed by atoms with van der Waals surface area (Å²) in [7, 11) is 0. The van der Waals surface area contributed by atoms with E-state index in [2.05, 4.69) is 25.7 Å². The standard InChI is InChI=1S/C4H4N6S2/c11-4-7-6-3(12-4)1-10-2-5-8-9-10/h2H,1H2,(H,7,11). The summed E-state index contributed by atoms with van der Waals surface area (Å²) in [5.41, 5.74) is 0. The molecular formula is C4H4N6S2. The lowest BCUT2D eigenvalue weighted by molar-refractivity contribution is 0.641. The third-order valence-corrected chi connectivity index (χ3v) is 2.25. The smallest absolute Gasteiger partial charge is 0.176 e. The van der Waals surface area contributed by atoms with Crippen molar-refractivity contribution in [1.29, 1.82) is 0 Å². The van der Waals surface area contributed by atoms with Crippen molar-refractivity contribution < 1.29 is 0 Å². The second-order valence-corrected chi connectivity index (χ2v) is 3.76. The van der Waals surface area contributed by atoms with Crippen LogP contribution in [0.3, 0.4) is 0 Å². The molecule has 6 nitrogen and oxygen atoms in total. The van der Waals surface area contributed by atoms with Gasteiger partial charge in [0.1, 0.15) is 11.3 Å². The molecule has 0 fully saturated rings. The van der Waals surface area contributed by atoms with Crippen LogP contribution in [-0.2, 0) is 6.54 Å². The second-order valence-electron chi connectivity index (χ2n) is 2.01. The highest BCUT2D eigenvalue weighted by Crippen LogP contribution is 2.04. The Bertz CT molecular complexity index is 399. The minimum absolute atomic E-state index is 0.560. The third kappa shape index (κ3) is 1.53. The lowest BCUT2D eigenvalue weighted by Crippen LogP contribution is -1.99. The van der Waals surface area contributed by atoms with E-state index >= 15 is 0 Å². The Hall–Kier alpha value is -1.15. The molecule has 0 amide bonds. The normalized spacial score (nSPS) is 10.3. The van der Waals surface area contributed by atoms with Gasteiger partial charge in [0.2, 0.25) is 0 Å². The van der Waals surface area contributed by atoms with E-state index < -0.39 is 0 Å². The monoisotopic (exact) mass is 200 g/mol. The Morgan fingerprint density at radius 3 is 3.17 bits per heavy atom. The molecule has 0 saturated heterocycles. The van der Waals surface area contributed by atoms with Gasteiger partial charge in [0.05, 0.1) is 6.54 Å². The molecule has 0 unspecified atom stereocenters. The topological polar surface area (TPSA) is 72.3 Å². The summed E-state index contributed by atoms with van der Waals surface area (Å²) in [6.07, 6.45) is 1.53. The Morgan fingerprint density at radius 2 is 2.58 bits per heavy atom. The Morgan fingerprint density at radius 1 is 1.67 bits per heavy atom. The summed E-state index contributed by atoms with van der Waals surface area (Å²) in [5, 5.41) is 18.2. The van der Waals surface area contributed by atoms with Gasteiger partial charge in [-0.05, 0) is 22.6 Å². The number of hydrogen-bond acceptors (Lipinski definition) is 6. The lowest BCUT2D eigenvalue weighted by atomic mass is 10.7. The van der Waals surface area contributed by atoms with Gasteiger partial charge in [0, 0.05) is 0 Å². The van der Waals surface area contributed by atoms with Crippen molar-refractivity contribution in [3.8, 4) is 0 Å². The highest BCUT2D eigenvalue weighted by Gasteiger charge is 1.99. The van der Waals surface area contributed by atoms with E-state index in [0.29, 0.717) is 10.5 Å². The van der Waals surface area contributed by atoms with Crippen LogP contribution in [0.4, 0.5) is 0 Å². The molecule has 0 aliphatic heterocycles. The maximum absolute atomic E-state index is 4.87. The van der Waals surface area contributed by atoms with Gasteiger partial charge in [-0.2, -0.15) is 5.10 Å². The number of nitrogens with zero attached hydrogens (tertiary/aromatic N) is 5. The average Bonchev–Trinajstić information content (AvgIpc) is 2.63. The fourth-order valence-corrected chi connectivity index (χ4v) is 1.65. The molecule has 2 heterocycles. The van der Waals surface area contributed by atoms with Gasteiger partial charge in [-0.1, -0.05) is 11.3 Å². The molecule has 0 spiro atoms. The fraction of sp³-hybridized carbons (Fsp3) is 0.250. The predicted molar refractivity (Wildman–Crippen MR) is 44.2 cm³/mol. The average molecular weight is 200 g/mol. The van der Waals surface area contributed by atoms with Crippen LogP contribution in [0, 0.1) is 3.95 Å². The van der Waals surface area contributed by atoms with E-state index in [1.165, 1.54) is 17.7 Å². The van der Waals surface area contributed by atoms with E-state index in [-0.39, 0.29) is 0 Å². The zero-order valence-electron chi connectivity index (χ0n) is 5.84. The molecule has 0 atom stereocenters. The molecule has 0 aliphatic rings. The molecule has 0 aromatic carbocycles. The second kappa shape index (κ2) is 3.07. The highest BCUT2D eigenvalue weighted by molar-refractivity contribution is 7.73. The fourth-order valence-electron chi connectivity index (χ4n) is 0.720.